The number of hydrogen-bond acceptors (Lipinski definition) is 4. The van der Waals surface area contributed by atoms with E-state index < -0.39 is 11.9 Å². The minimum absolute atomic E-state index is 0.263. The van der Waals surface area contributed by atoms with Crippen molar-refractivity contribution in [2.75, 3.05) is 0 Å². The van der Waals surface area contributed by atoms with Crippen LogP contribution in [0, 0.1) is 0 Å². The van der Waals surface area contributed by atoms with Crippen LogP contribution in [0.2, 0.25) is 0 Å². The van der Waals surface area contributed by atoms with Gasteiger partial charge in [0.15, 0.2) is 0 Å². The highest BCUT2D eigenvalue weighted by atomic mass is 16.6. The highest BCUT2D eigenvalue weighted by molar-refractivity contribution is 5.92. The van der Waals surface area contributed by atoms with E-state index in [2.05, 4.69) is 9.72 Å². The van der Waals surface area contributed by atoms with Gasteiger partial charge in [-0.05, 0) is 12.1 Å². The van der Waals surface area contributed by atoms with Gasteiger partial charge in [-0.15, -0.1) is 0 Å². The first kappa shape index (κ1) is 9.38. The molecule has 0 unspecified atom stereocenters. The van der Waals surface area contributed by atoms with Crippen LogP contribution in [0.1, 0.15) is 12.8 Å². The van der Waals surface area contributed by atoms with Gasteiger partial charge in [0, 0.05) is 12.4 Å². The number of rotatable bonds is 0. The average molecular weight is 179 g/mol. The molecule has 68 valence electrons. The lowest BCUT2D eigenvalue weighted by atomic mass is 10.4. The number of nitrogens with zero attached hydrogens (tertiary/aromatic N) is 1. The van der Waals surface area contributed by atoms with Crippen molar-refractivity contribution in [2.24, 2.45) is 0 Å². The summed E-state index contributed by atoms with van der Waals surface area (Å²) in [5, 5.41) is 0. The van der Waals surface area contributed by atoms with Gasteiger partial charge in [0.25, 0.3) is 0 Å². The molecule has 2 rings (SSSR count). The number of carbonyl (C=O) groups is 2. The Morgan fingerprint density at radius 2 is 1.54 bits per heavy atom. The predicted molar refractivity (Wildman–Crippen MR) is 44.6 cm³/mol. The highest BCUT2D eigenvalue weighted by Gasteiger charge is 2.19. The summed E-state index contributed by atoms with van der Waals surface area (Å²) in [5.41, 5.74) is 0. The maximum atomic E-state index is 10.0. The molecule has 0 aromatic carbocycles. The van der Waals surface area contributed by atoms with E-state index in [0.717, 1.165) is 0 Å². The number of esters is 2. The van der Waals surface area contributed by atoms with Gasteiger partial charge in [-0.1, -0.05) is 6.07 Å². The molecule has 4 heteroatoms. The lowest BCUT2D eigenvalue weighted by molar-refractivity contribution is -0.151. The van der Waals surface area contributed by atoms with Crippen LogP contribution in [0.4, 0.5) is 0 Å². The van der Waals surface area contributed by atoms with Crippen molar-refractivity contribution in [1.82, 2.24) is 4.98 Å². The normalized spacial score (nSPS) is 14.5. The fraction of sp³-hybridized carbons (Fsp3) is 0.222. The molecule has 1 fully saturated rings. The van der Waals surface area contributed by atoms with Gasteiger partial charge in [-0.25, -0.2) is 0 Å². The number of ether oxygens (including phenoxy) is 1. The fourth-order valence-electron chi connectivity index (χ4n) is 0.746. The summed E-state index contributed by atoms with van der Waals surface area (Å²) < 4.78 is 4.08. The van der Waals surface area contributed by atoms with Crippen molar-refractivity contribution in [2.45, 2.75) is 12.8 Å². The molecule has 0 N–H and O–H groups in total. The van der Waals surface area contributed by atoms with Crippen molar-refractivity contribution in [3.8, 4) is 0 Å². The van der Waals surface area contributed by atoms with Crippen molar-refractivity contribution in [3.63, 3.8) is 0 Å². The first-order valence-electron chi connectivity index (χ1n) is 3.87. The maximum absolute atomic E-state index is 10.0. The van der Waals surface area contributed by atoms with E-state index in [1.165, 1.54) is 0 Å². The van der Waals surface area contributed by atoms with Crippen molar-refractivity contribution in [3.05, 3.63) is 30.6 Å². The molecule has 1 aliphatic rings. The maximum Gasteiger partial charge on any atom is 0.314 e. The van der Waals surface area contributed by atoms with E-state index in [9.17, 15) is 9.59 Å². The van der Waals surface area contributed by atoms with Crippen molar-refractivity contribution in [1.29, 1.82) is 0 Å². The van der Waals surface area contributed by atoms with Crippen LogP contribution >= 0.6 is 0 Å². The molecule has 0 saturated carbocycles. The quantitative estimate of drug-likeness (QED) is 0.439. The van der Waals surface area contributed by atoms with Crippen LogP contribution < -0.4 is 0 Å². The first-order chi connectivity index (χ1) is 6.29. The Bertz CT molecular complexity index is 243. The number of aromatic nitrogens is 1. The third-order valence-electron chi connectivity index (χ3n) is 1.33. The lowest BCUT2D eigenvalue weighted by Gasteiger charge is -1.79. The van der Waals surface area contributed by atoms with E-state index in [1.54, 1.807) is 12.4 Å². The molecule has 0 amide bonds. The zero-order chi connectivity index (χ0) is 9.52. The van der Waals surface area contributed by atoms with Crippen LogP contribution in [0.3, 0.4) is 0 Å². The van der Waals surface area contributed by atoms with E-state index >= 15 is 0 Å². The van der Waals surface area contributed by atoms with Crippen molar-refractivity contribution < 1.29 is 14.3 Å². The number of cyclic esters (lactones) is 2. The SMILES string of the molecule is O=C1CCC(=O)O1.c1ccncc1. The van der Waals surface area contributed by atoms with Gasteiger partial charge in [0.1, 0.15) is 0 Å². The van der Waals surface area contributed by atoms with Crippen LogP contribution in [0.5, 0.6) is 0 Å². The molecule has 0 bridgehead atoms. The van der Waals surface area contributed by atoms with Gasteiger partial charge in [0.2, 0.25) is 0 Å². The summed E-state index contributed by atoms with van der Waals surface area (Å²) >= 11 is 0. The van der Waals surface area contributed by atoms with E-state index in [0.29, 0.717) is 0 Å². The molecule has 0 spiro atoms. The predicted octanol–water partition coefficient (Wildman–Crippen LogP) is 0.932. The van der Waals surface area contributed by atoms with Gasteiger partial charge in [0.05, 0.1) is 12.8 Å². The summed E-state index contributed by atoms with van der Waals surface area (Å²) in [6.07, 6.45) is 4.03. The second-order valence-corrected chi connectivity index (χ2v) is 2.37. The molecule has 0 radical (unpaired) electrons. The van der Waals surface area contributed by atoms with Gasteiger partial charge in [-0.2, -0.15) is 0 Å². The molecule has 1 saturated heterocycles. The second-order valence-electron chi connectivity index (χ2n) is 2.37. The number of pyridine rings is 1. The highest BCUT2D eigenvalue weighted by Crippen LogP contribution is 2.03. The molecule has 2 heterocycles. The number of hydrogen-bond donors (Lipinski definition) is 0. The minimum Gasteiger partial charge on any atom is -0.393 e. The van der Waals surface area contributed by atoms with Crippen LogP contribution in [-0.2, 0) is 14.3 Å². The third-order valence-corrected chi connectivity index (χ3v) is 1.33. The molecule has 0 aliphatic carbocycles. The minimum atomic E-state index is -0.398. The van der Waals surface area contributed by atoms with E-state index in [1.807, 2.05) is 18.2 Å². The Balaban J connectivity index is 0.000000132. The molecule has 13 heavy (non-hydrogen) atoms. The van der Waals surface area contributed by atoms with Crippen LogP contribution in [-0.4, -0.2) is 16.9 Å². The number of carbonyl (C=O) groups excluding carboxylic acids is 2. The largest absolute Gasteiger partial charge is 0.393 e. The summed E-state index contributed by atoms with van der Waals surface area (Å²) in [4.78, 5) is 23.8. The molecular formula is C9H9NO3. The molecule has 1 aromatic heterocycles. The third kappa shape index (κ3) is 4.00. The molecule has 1 aromatic rings. The molecule has 0 atom stereocenters. The second kappa shape index (κ2) is 5.03. The molecule has 4 nitrogen and oxygen atoms in total. The Morgan fingerprint density at radius 1 is 1.00 bits per heavy atom. The Morgan fingerprint density at radius 3 is 1.69 bits per heavy atom. The van der Waals surface area contributed by atoms with Gasteiger partial charge >= 0.3 is 11.9 Å². The summed E-state index contributed by atoms with van der Waals surface area (Å²) in [7, 11) is 0. The average Bonchev–Trinajstić information content (AvgIpc) is 2.54. The van der Waals surface area contributed by atoms with E-state index in [-0.39, 0.29) is 12.8 Å². The van der Waals surface area contributed by atoms with Crippen LogP contribution in [0.25, 0.3) is 0 Å². The monoisotopic (exact) mass is 179 g/mol. The zero-order valence-electron chi connectivity index (χ0n) is 6.97. The van der Waals surface area contributed by atoms with E-state index in [4.69, 9.17) is 0 Å². The van der Waals surface area contributed by atoms with Gasteiger partial charge < -0.3 is 4.74 Å². The summed E-state index contributed by atoms with van der Waals surface area (Å²) in [6, 6.07) is 5.72. The van der Waals surface area contributed by atoms with Crippen molar-refractivity contribution >= 4 is 11.9 Å². The molecule has 1 aliphatic heterocycles. The Hall–Kier alpha value is -1.71. The zero-order valence-corrected chi connectivity index (χ0v) is 6.97. The van der Waals surface area contributed by atoms with Gasteiger partial charge in [-0.3, -0.25) is 14.6 Å². The first-order valence-corrected chi connectivity index (χ1v) is 3.87. The van der Waals surface area contributed by atoms with Crippen LogP contribution in [0.15, 0.2) is 30.6 Å². The Kier molecular flexibility index (Phi) is 3.63. The fourth-order valence-corrected chi connectivity index (χ4v) is 0.746. The summed E-state index contributed by atoms with van der Waals surface area (Å²) in [6.45, 7) is 0. The topological polar surface area (TPSA) is 56.3 Å². The lowest BCUT2D eigenvalue weighted by Crippen LogP contribution is -1.94. The standard InChI is InChI=1S/C5H5N.C4H4O3/c1-2-4-6-5-3-1;5-3-1-2-4(6)7-3/h1-5H;1-2H2. The molecular weight excluding hydrogens is 170 g/mol. The Labute approximate surface area is 75.5 Å². The smallest absolute Gasteiger partial charge is 0.314 e. The summed E-state index contributed by atoms with van der Waals surface area (Å²) in [5.74, 6) is -0.796.